The summed E-state index contributed by atoms with van der Waals surface area (Å²) in [6, 6.07) is 12.8. The molecule has 1 atom stereocenters. The van der Waals surface area contributed by atoms with Crippen LogP contribution in [0.25, 0.3) is 0 Å². The Hall–Kier alpha value is -1.53. The van der Waals surface area contributed by atoms with Crippen molar-refractivity contribution in [1.82, 2.24) is 0 Å². The molecule has 0 bridgehead atoms. The maximum absolute atomic E-state index is 12.3. The molecule has 0 aliphatic rings. The van der Waals surface area contributed by atoms with Crippen molar-refractivity contribution in [2.75, 3.05) is 0 Å². The van der Waals surface area contributed by atoms with Crippen LogP contribution in [-0.2, 0) is 6.42 Å². The summed E-state index contributed by atoms with van der Waals surface area (Å²) in [7, 11) is 0. The molecule has 0 saturated carbocycles. The molecule has 0 saturated heterocycles. The minimum Gasteiger partial charge on any atom is -0.405 e. The normalized spacial score (nSPS) is 13.0. The second-order valence-electron chi connectivity index (χ2n) is 4.43. The third-order valence-electron chi connectivity index (χ3n) is 2.85. The number of aliphatic hydroxyl groups is 1. The van der Waals surface area contributed by atoms with Crippen molar-refractivity contribution in [3.63, 3.8) is 0 Å². The van der Waals surface area contributed by atoms with Gasteiger partial charge in [0, 0.05) is 16.5 Å². The first-order chi connectivity index (χ1) is 9.85. The van der Waals surface area contributed by atoms with Crippen molar-refractivity contribution in [2.24, 2.45) is 0 Å². The summed E-state index contributed by atoms with van der Waals surface area (Å²) in [6.45, 7) is 0. The molecule has 2 nitrogen and oxygen atoms in total. The Morgan fingerprint density at radius 3 is 2.29 bits per heavy atom. The third kappa shape index (κ3) is 4.75. The van der Waals surface area contributed by atoms with Gasteiger partial charge in [-0.05, 0) is 23.8 Å². The van der Waals surface area contributed by atoms with Gasteiger partial charge in [-0.1, -0.05) is 46.3 Å². The van der Waals surface area contributed by atoms with Crippen LogP contribution < -0.4 is 4.74 Å². The van der Waals surface area contributed by atoms with Gasteiger partial charge in [0.05, 0.1) is 6.10 Å². The maximum atomic E-state index is 12.3. The molecule has 6 heteroatoms. The summed E-state index contributed by atoms with van der Waals surface area (Å²) in [5.41, 5.74) is 0.922. The minimum absolute atomic E-state index is 0.109. The smallest absolute Gasteiger partial charge is 0.405 e. The van der Waals surface area contributed by atoms with Crippen molar-refractivity contribution in [2.45, 2.75) is 18.9 Å². The van der Waals surface area contributed by atoms with Gasteiger partial charge in [-0.25, -0.2) is 0 Å². The first kappa shape index (κ1) is 15.9. The molecule has 21 heavy (non-hydrogen) atoms. The fraction of sp³-hybridized carbons (Fsp3) is 0.200. The maximum Gasteiger partial charge on any atom is 0.573 e. The molecule has 0 heterocycles. The van der Waals surface area contributed by atoms with Crippen molar-refractivity contribution in [1.29, 1.82) is 0 Å². The highest BCUT2D eigenvalue weighted by Crippen LogP contribution is 2.31. The standard InChI is InChI=1S/C15H12BrF3O2/c16-11-7-5-10(6-8-11)9-13(20)12-3-1-2-4-14(12)21-15(17,18)19/h1-8,13,20H,9H2. The molecular formula is C15H12BrF3O2. The van der Waals surface area contributed by atoms with Gasteiger partial charge in [0.25, 0.3) is 0 Å². The zero-order valence-corrected chi connectivity index (χ0v) is 12.4. The molecule has 2 aromatic carbocycles. The quantitative estimate of drug-likeness (QED) is 0.861. The van der Waals surface area contributed by atoms with Gasteiger partial charge in [-0.3, -0.25) is 0 Å². The molecule has 2 aromatic rings. The van der Waals surface area contributed by atoms with E-state index in [0.29, 0.717) is 0 Å². The van der Waals surface area contributed by atoms with Crippen LogP contribution in [0.2, 0.25) is 0 Å². The van der Waals surface area contributed by atoms with Crippen LogP contribution in [0.5, 0.6) is 5.75 Å². The predicted molar refractivity (Wildman–Crippen MR) is 75.9 cm³/mol. The summed E-state index contributed by atoms with van der Waals surface area (Å²) < 4.78 is 41.9. The Labute approximate surface area is 128 Å². The summed E-state index contributed by atoms with van der Waals surface area (Å²) in [5, 5.41) is 10.2. The Balaban J connectivity index is 2.18. The van der Waals surface area contributed by atoms with E-state index in [2.05, 4.69) is 20.7 Å². The van der Waals surface area contributed by atoms with E-state index in [1.807, 2.05) is 0 Å². The Morgan fingerprint density at radius 1 is 1.05 bits per heavy atom. The molecule has 0 aliphatic heterocycles. The second-order valence-corrected chi connectivity index (χ2v) is 5.35. The first-order valence-electron chi connectivity index (χ1n) is 6.12. The highest BCUT2D eigenvalue weighted by molar-refractivity contribution is 9.10. The second kappa shape index (κ2) is 6.49. The van der Waals surface area contributed by atoms with Crippen molar-refractivity contribution < 1.29 is 23.0 Å². The number of benzene rings is 2. The van der Waals surface area contributed by atoms with Crippen molar-refractivity contribution in [3.8, 4) is 5.75 Å². The van der Waals surface area contributed by atoms with Gasteiger partial charge in [-0.2, -0.15) is 0 Å². The lowest BCUT2D eigenvalue weighted by Gasteiger charge is -2.17. The van der Waals surface area contributed by atoms with Crippen LogP contribution in [0.1, 0.15) is 17.2 Å². The summed E-state index contributed by atoms with van der Waals surface area (Å²) in [5.74, 6) is -0.380. The SMILES string of the molecule is OC(Cc1ccc(Br)cc1)c1ccccc1OC(F)(F)F. The Kier molecular flexibility index (Phi) is 4.90. The fourth-order valence-corrected chi connectivity index (χ4v) is 2.19. The molecule has 2 rings (SSSR count). The van der Waals surface area contributed by atoms with Gasteiger partial charge in [0.15, 0.2) is 0 Å². The lowest BCUT2D eigenvalue weighted by atomic mass is 10.0. The third-order valence-corrected chi connectivity index (χ3v) is 3.37. The van der Waals surface area contributed by atoms with E-state index in [9.17, 15) is 18.3 Å². The molecule has 112 valence electrons. The van der Waals surface area contributed by atoms with E-state index in [1.54, 1.807) is 30.3 Å². The minimum atomic E-state index is -4.78. The van der Waals surface area contributed by atoms with E-state index < -0.39 is 12.5 Å². The average Bonchev–Trinajstić information content (AvgIpc) is 2.40. The van der Waals surface area contributed by atoms with Crippen LogP contribution in [0.15, 0.2) is 53.0 Å². The lowest BCUT2D eigenvalue weighted by Crippen LogP contribution is -2.19. The molecule has 0 aliphatic carbocycles. The summed E-state index contributed by atoms with van der Waals surface area (Å²) in [4.78, 5) is 0. The summed E-state index contributed by atoms with van der Waals surface area (Å²) >= 11 is 3.29. The summed E-state index contributed by atoms with van der Waals surface area (Å²) in [6.07, 6.45) is -5.66. The first-order valence-corrected chi connectivity index (χ1v) is 6.91. The van der Waals surface area contributed by atoms with Crippen LogP contribution in [0, 0.1) is 0 Å². The molecule has 0 radical (unpaired) electrons. The number of rotatable bonds is 4. The predicted octanol–water partition coefficient (Wildman–Crippen LogP) is 4.62. The van der Waals surface area contributed by atoms with E-state index in [0.717, 1.165) is 10.0 Å². The van der Waals surface area contributed by atoms with Gasteiger partial charge >= 0.3 is 6.36 Å². The number of hydrogen-bond donors (Lipinski definition) is 1. The lowest BCUT2D eigenvalue weighted by molar-refractivity contribution is -0.275. The van der Waals surface area contributed by atoms with Crippen LogP contribution in [0.3, 0.4) is 0 Å². The number of alkyl halides is 3. The largest absolute Gasteiger partial charge is 0.573 e. The number of hydrogen-bond acceptors (Lipinski definition) is 2. The topological polar surface area (TPSA) is 29.5 Å². The average molecular weight is 361 g/mol. The molecular weight excluding hydrogens is 349 g/mol. The number of para-hydroxylation sites is 1. The van der Waals surface area contributed by atoms with Crippen LogP contribution >= 0.6 is 15.9 Å². The highest BCUT2D eigenvalue weighted by Gasteiger charge is 2.32. The number of ether oxygens (including phenoxy) is 1. The van der Waals surface area contributed by atoms with Crippen LogP contribution in [0.4, 0.5) is 13.2 Å². The zero-order chi connectivity index (χ0) is 15.5. The Bertz CT molecular complexity index is 597. The van der Waals surface area contributed by atoms with E-state index in [4.69, 9.17) is 0 Å². The monoisotopic (exact) mass is 360 g/mol. The fourth-order valence-electron chi connectivity index (χ4n) is 1.93. The number of halogens is 4. The van der Waals surface area contributed by atoms with E-state index in [1.165, 1.54) is 18.2 Å². The zero-order valence-electron chi connectivity index (χ0n) is 10.8. The Morgan fingerprint density at radius 2 is 1.67 bits per heavy atom. The number of aliphatic hydroxyl groups excluding tert-OH is 1. The van der Waals surface area contributed by atoms with E-state index in [-0.39, 0.29) is 17.7 Å². The van der Waals surface area contributed by atoms with Crippen LogP contribution in [-0.4, -0.2) is 11.5 Å². The molecule has 1 N–H and O–H groups in total. The van der Waals surface area contributed by atoms with Gasteiger partial charge in [0.1, 0.15) is 5.75 Å². The van der Waals surface area contributed by atoms with Crippen molar-refractivity contribution >= 4 is 15.9 Å². The van der Waals surface area contributed by atoms with Gasteiger partial charge < -0.3 is 9.84 Å². The van der Waals surface area contributed by atoms with Gasteiger partial charge in [-0.15, -0.1) is 13.2 Å². The molecule has 0 amide bonds. The molecule has 0 fully saturated rings. The van der Waals surface area contributed by atoms with E-state index >= 15 is 0 Å². The molecule has 0 aromatic heterocycles. The highest BCUT2D eigenvalue weighted by atomic mass is 79.9. The molecule has 0 spiro atoms. The van der Waals surface area contributed by atoms with Crippen molar-refractivity contribution in [3.05, 3.63) is 64.1 Å². The molecule has 1 unspecified atom stereocenters. The van der Waals surface area contributed by atoms with Gasteiger partial charge in [0.2, 0.25) is 0 Å².